The third kappa shape index (κ3) is 3.53. The maximum atomic E-state index is 12.7. The summed E-state index contributed by atoms with van der Waals surface area (Å²) in [5.41, 5.74) is 2.23. The van der Waals surface area contributed by atoms with Crippen molar-refractivity contribution < 1.29 is 19.2 Å². The number of carbonyl (C=O) groups excluding carboxylic acids is 1. The Kier molecular flexibility index (Phi) is 4.78. The molecule has 1 aliphatic rings. The number of aromatic nitrogens is 3. The van der Waals surface area contributed by atoms with Crippen LogP contribution in [0.5, 0.6) is 0 Å². The summed E-state index contributed by atoms with van der Waals surface area (Å²) in [6.07, 6.45) is 1.73. The number of aryl methyl sites for hydroxylation is 1. The monoisotopic (exact) mass is 429 g/mol. The third-order valence-corrected chi connectivity index (χ3v) is 5.46. The smallest absolute Gasteiger partial charge is 0.335 e. The summed E-state index contributed by atoms with van der Waals surface area (Å²) in [6.45, 7) is 3.15. The number of hydrogen-bond acceptors (Lipinski definition) is 7. The molecule has 0 saturated carbocycles. The van der Waals surface area contributed by atoms with Crippen LogP contribution in [0.2, 0.25) is 0 Å². The van der Waals surface area contributed by atoms with Crippen molar-refractivity contribution in [1.29, 1.82) is 0 Å². The Labute approximate surface area is 182 Å². The molecule has 0 spiro atoms. The van der Waals surface area contributed by atoms with E-state index >= 15 is 0 Å². The first-order valence-corrected chi connectivity index (χ1v) is 10.1. The van der Waals surface area contributed by atoms with E-state index in [0.717, 1.165) is 21.9 Å². The number of fused-ring (bicyclic) bond motifs is 2. The largest absolute Gasteiger partial charge is 0.478 e. The molecule has 32 heavy (non-hydrogen) atoms. The zero-order valence-electron chi connectivity index (χ0n) is 17.2. The van der Waals surface area contributed by atoms with Crippen LogP contribution >= 0.6 is 0 Å². The fourth-order valence-corrected chi connectivity index (χ4v) is 3.85. The number of carbonyl (C=O) groups is 2. The van der Waals surface area contributed by atoms with E-state index in [1.807, 2.05) is 24.3 Å². The summed E-state index contributed by atoms with van der Waals surface area (Å²) in [7, 11) is 0. The average molecular weight is 429 g/mol. The highest BCUT2D eigenvalue weighted by Gasteiger charge is 2.27. The van der Waals surface area contributed by atoms with Gasteiger partial charge in [0, 0.05) is 49.3 Å². The molecule has 4 aromatic rings. The van der Waals surface area contributed by atoms with E-state index in [9.17, 15) is 9.59 Å². The van der Waals surface area contributed by atoms with Gasteiger partial charge in [-0.2, -0.15) is 4.98 Å². The van der Waals surface area contributed by atoms with Crippen LogP contribution in [0.4, 0.5) is 5.82 Å². The number of nitrogens with zero attached hydrogens (tertiary/aromatic N) is 4. The summed E-state index contributed by atoms with van der Waals surface area (Å²) in [6, 6.07) is 12.5. The predicted octanol–water partition coefficient (Wildman–Crippen LogP) is 3.36. The van der Waals surface area contributed by atoms with E-state index in [2.05, 4.69) is 20.4 Å². The van der Waals surface area contributed by atoms with Gasteiger partial charge in [0.05, 0.1) is 5.56 Å². The molecular formula is C23H19N5O4. The number of hydrogen-bond donors (Lipinski definition) is 2. The molecule has 5 rings (SSSR count). The predicted molar refractivity (Wildman–Crippen MR) is 116 cm³/mol. The Morgan fingerprint density at radius 3 is 2.88 bits per heavy atom. The van der Waals surface area contributed by atoms with Crippen LogP contribution in [0.15, 0.2) is 53.2 Å². The second kappa shape index (κ2) is 7.77. The molecule has 3 heterocycles. The second-order valence-corrected chi connectivity index (χ2v) is 7.56. The molecule has 2 aromatic heterocycles. The molecule has 0 atom stereocenters. The molecule has 1 aliphatic heterocycles. The zero-order valence-corrected chi connectivity index (χ0v) is 17.2. The Morgan fingerprint density at radius 1 is 1.22 bits per heavy atom. The van der Waals surface area contributed by atoms with Gasteiger partial charge in [0.15, 0.2) is 0 Å². The quantitative estimate of drug-likeness (QED) is 0.479. The van der Waals surface area contributed by atoms with Gasteiger partial charge in [0.2, 0.25) is 11.7 Å². The SMILES string of the molecule is Cc1nc(-c2ccc3ccnc(NCCN4Cc5ccc(C(=O)O)cc5C4=O)c3c2)no1. The van der Waals surface area contributed by atoms with Crippen molar-refractivity contribution >= 4 is 28.5 Å². The number of carboxylic acid groups (broad SMARTS) is 1. The van der Waals surface area contributed by atoms with Crippen molar-refractivity contribution in [1.82, 2.24) is 20.0 Å². The van der Waals surface area contributed by atoms with Gasteiger partial charge in [-0.25, -0.2) is 9.78 Å². The van der Waals surface area contributed by atoms with E-state index in [-0.39, 0.29) is 11.5 Å². The van der Waals surface area contributed by atoms with Crippen LogP contribution in [0.3, 0.4) is 0 Å². The Balaban J connectivity index is 1.31. The molecule has 0 bridgehead atoms. The Bertz CT molecular complexity index is 1360. The summed E-state index contributed by atoms with van der Waals surface area (Å²) in [5, 5.41) is 18.4. The normalized spacial score (nSPS) is 12.9. The van der Waals surface area contributed by atoms with Crippen molar-refractivity contribution in [2.75, 3.05) is 18.4 Å². The van der Waals surface area contributed by atoms with Crippen LogP contribution in [-0.2, 0) is 6.54 Å². The molecule has 0 aliphatic carbocycles. The van der Waals surface area contributed by atoms with E-state index in [4.69, 9.17) is 9.63 Å². The highest BCUT2D eigenvalue weighted by atomic mass is 16.5. The van der Waals surface area contributed by atoms with Crippen molar-refractivity contribution in [2.45, 2.75) is 13.5 Å². The summed E-state index contributed by atoms with van der Waals surface area (Å²) >= 11 is 0. The van der Waals surface area contributed by atoms with E-state index in [0.29, 0.717) is 42.7 Å². The number of aromatic carboxylic acids is 1. The lowest BCUT2D eigenvalue weighted by molar-refractivity contribution is 0.0697. The fraction of sp³-hybridized carbons (Fsp3) is 0.174. The minimum atomic E-state index is -1.04. The van der Waals surface area contributed by atoms with Gasteiger partial charge in [0.1, 0.15) is 5.82 Å². The Hall–Kier alpha value is -4.27. The molecular weight excluding hydrogens is 410 g/mol. The average Bonchev–Trinajstić information content (AvgIpc) is 3.36. The zero-order chi connectivity index (χ0) is 22.2. The summed E-state index contributed by atoms with van der Waals surface area (Å²) < 4.78 is 5.08. The number of amides is 1. The van der Waals surface area contributed by atoms with Gasteiger partial charge >= 0.3 is 5.97 Å². The van der Waals surface area contributed by atoms with Crippen LogP contribution in [0.25, 0.3) is 22.2 Å². The summed E-state index contributed by atoms with van der Waals surface area (Å²) in [5.74, 6) is 0.502. The molecule has 9 nitrogen and oxygen atoms in total. The number of pyridine rings is 1. The van der Waals surface area contributed by atoms with E-state index in [1.54, 1.807) is 24.1 Å². The maximum absolute atomic E-state index is 12.7. The molecule has 0 saturated heterocycles. The van der Waals surface area contributed by atoms with Crippen LogP contribution in [-0.4, -0.2) is 50.1 Å². The van der Waals surface area contributed by atoms with Gasteiger partial charge in [-0.1, -0.05) is 23.4 Å². The highest BCUT2D eigenvalue weighted by Crippen LogP contribution is 2.27. The van der Waals surface area contributed by atoms with Crippen molar-refractivity contribution in [3.05, 3.63) is 71.2 Å². The summed E-state index contributed by atoms with van der Waals surface area (Å²) in [4.78, 5) is 34.3. The lowest BCUT2D eigenvalue weighted by Crippen LogP contribution is -2.29. The van der Waals surface area contributed by atoms with Gasteiger partial charge < -0.3 is 19.8 Å². The van der Waals surface area contributed by atoms with Crippen LogP contribution < -0.4 is 5.32 Å². The van der Waals surface area contributed by atoms with Crippen molar-refractivity contribution in [2.24, 2.45) is 0 Å². The molecule has 0 unspecified atom stereocenters. The standard InChI is InChI=1S/C23H19N5O4/c1-13-26-20(27-32-13)15-3-2-14-6-7-24-21(18(14)10-15)25-8-9-28-12-17-5-4-16(23(30)31)11-19(17)22(28)29/h2-7,10-11H,8-9,12H2,1H3,(H,24,25)(H,30,31). The van der Waals surface area contributed by atoms with Crippen LogP contribution in [0.1, 0.15) is 32.2 Å². The minimum Gasteiger partial charge on any atom is -0.478 e. The number of rotatable bonds is 6. The van der Waals surface area contributed by atoms with Gasteiger partial charge in [-0.05, 0) is 35.2 Å². The van der Waals surface area contributed by atoms with Crippen molar-refractivity contribution in [3.63, 3.8) is 0 Å². The first-order chi connectivity index (χ1) is 15.5. The number of nitrogens with one attached hydrogen (secondary N) is 1. The molecule has 2 N–H and O–H groups in total. The fourth-order valence-electron chi connectivity index (χ4n) is 3.85. The number of benzene rings is 2. The van der Waals surface area contributed by atoms with E-state index in [1.165, 1.54) is 12.1 Å². The number of carboxylic acids is 1. The highest BCUT2D eigenvalue weighted by molar-refractivity contribution is 6.01. The first kappa shape index (κ1) is 19.7. The Morgan fingerprint density at radius 2 is 2.09 bits per heavy atom. The lowest BCUT2D eigenvalue weighted by Gasteiger charge is -2.16. The second-order valence-electron chi connectivity index (χ2n) is 7.56. The first-order valence-electron chi connectivity index (χ1n) is 10.1. The third-order valence-electron chi connectivity index (χ3n) is 5.46. The van der Waals surface area contributed by atoms with Crippen LogP contribution in [0, 0.1) is 6.92 Å². The molecule has 9 heteroatoms. The van der Waals surface area contributed by atoms with Gasteiger partial charge in [-0.15, -0.1) is 0 Å². The van der Waals surface area contributed by atoms with Gasteiger partial charge in [-0.3, -0.25) is 4.79 Å². The van der Waals surface area contributed by atoms with Gasteiger partial charge in [0.25, 0.3) is 5.91 Å². The molecule has 0 radical (unpaired) electrons. The maximum Gasteiger partial charge on any atom is 0.335 e. The van der Waals surface area contributed by atoms with Crippen molar-refractivity contribution in [3.8, 4) is 11.4 Å². The minimum absolute atomic E-state index is 0.115. The molecule has 2 aromatic carbocycles. The van der Waals surface area contributed by atoms with E-state index < -0.39 is 5.97 Å². The molecule has 1 amide bonds. The topological polar surface area (TPSA) is 121 Å². The molecule has 0 fully saturated rings. The lowest BCUT2D eigenvalue weighted by atomic mass is 10.1. The molecule has 160 valence electrons. The number of anilines is 1.